The number of carbonyl (C=O) groups is 1. The molecule has 0 saturated carbocycles. The van der Waals surface area contributed by atoms with Crippen LogP contribution in [0.2, 0.25) is 0 Å². The third-order valence-corrected chi connectivity index (χ3v) is 4.18. The molecule has 0 aliphatic heterocycles. The summed E-state index contributed by atoms with van der Waals surface area (Å²) in [5, 5.41) is 0. The Bertz CT molecular complexity index is 663. The average molecular weight is 340 g/mol. The largest absolute Gasteiger partial charge is 0.494 e. The van der Waals surface area contributed by atoms with E-state index in [-0.39, 0.29) is 5.91 Å². The Labute approximate surface area is 151 Å². The van der Waals surface area contributed by atoms with Gasteiger partial charge in [0.05, 0.1) is 6.61 Å². The molecule has 0 heterocycles. The van der Waals surface area contributed by atoms with Crippen LogP contribution in [0.3, 0.4) is 0 Å². The number of hydrogen-bond donors (Lipinski definition) is 0. The number of nitrogens with zero attached hydrogens (tertiary/aromatic N) is 2. The molecule has 0 spiro atoms. The number of rotatable bonds is 8. The molecule has 2 aromatic carbocycles. The molecule has 1 amide bonds. The topological polar surface area (TPSA) is 32.8 Å². The molecule has 0 unspecified atom stereocenters. The summed E-state index contributed by atoms with van der Waals surface area (Å²) in [6.07, 6.45) is 3.41. The summed E-state index contributed by atoms with van der Waals surface area (Å²) in [7, 11) is 5.79. The lowest BCUT2D eigenvalue weighted by atomic mass is 10.1. The Hall–Kier alpha value is -2.49. The van der Waals surface area contributed by atoms with Crippen molar-refractivity contribution < 1.29 is 9.53 Å². The molecule has 0 N–H and O–H groups in total. The number of carbonyl (C=O) groups excluding carboxylic acids is 1. The summed E-state index contributed by atoms with van der Waals surface area (Å²) in [6, 6.07) is 15.3. The maximum atomic E-state index is 12.6. The molecule has 134 valence electrons. The van der Waals surface area contributed by atoms with E-state index in [2.05, 4.69) is 6.92 Å². The first-order chi connectivity index (χ1) is 12.0. The second kappa shape index (κ2) is 9.11. The van der Waals surface area contributed by atoms with Gasteiger partial charge in [0.1, 0.15) is 5.75 Å². The van der Waals surface area contributed by atoms with Crippen LogP contribution < -0.4 is 14.5 Å². The van der Waals surface area contributed by atoms with Gasteiger partial charge in [0.25, 0.3) is 5.91 Å². The van der Waals surface area contributed by atoms with Crippen molar-refractivity contribution in [3.05, 3.63) is 54.1 Å². The van der Waals surface area contributed by atoms with Crippen molar-refractivity contribution in [2.24, 2.45) is 0 Å². The van der Waals surface area contributed by atoms with E-state index in [0.717, 1.165) is 30.2 Å². The first-order valence-electron chi connectivity index (χ1n) is 8.81. The Morgan fingerprint density at radius 3 is 2.04 bits per heavy atom. The minimum absolute atomic E-state index is 0.0323. The van der Waals surface area contributed by atoms with Crippen LogP contribution in [-0.2, 0) is 0 Å². The minimum Gasteiger partial charge on any atom is -0.494 e. The van der Waals surface area contributed by atoms with Gasteiger partial charge in [-0.05, 0) is 55.0 Å². The molecule has 2 aromatic rings. The van der Waals surface area contributed by atoms with Crippen molar-refractivity contribution in [2.45, 2.75) is 26.2 Å². The first kappa shape index (κ1) is 18.8. The zero-order chi connectivity index (χ0) is 18.2. The fraction of sp³-hybridized carbons (Fsp3) is 0.381. The average Bonchev–Trinajstić information content (AvgIpc) is 2.64. The van der Waals surface area contributed by atoms with E-state index < -0.39 is 0 Å². The molecule has 0 saturated heterocycles. The van der Waals surface area contributed by atoms with E-state index in [1.165, 1.54) is 12.8 Å². The molecule has 0 radical (unpaired) electrons. The maximum absolute atomic E-state index is 12.6. The molecule has 0 aromatic heterocycles. The van der Waals surface area contributed by atoms with Crippen LogP contribution in [0.4, 0.5) is 11.4 Å². The fourth-order valence-electron chi connectivity index (χ4n) is 2.52. The monoisotopic (exact) mass is 340 g/mol. The van der Waals surface area contributed by atoms with Gasteiger partial charge in [-0.1, -0.05) is 19.8 Å². The lowest BCUT2D eigenvalue weighted by Crippen LogP contribution is -2.26. The van der Waals surface area contributed by atoms with Crippen molar-refractivity contribution in [3.8, 4) is 5.75 Å². The van der Waals surface area contributed by atoms with Crippen LogP contribution in [0.15, 0.2) is 48.5 Å². The molecular formula is C21H28N2O2. The zero-order valence-corrected chi connectivity index (χ0v) is 15.7. The van der Waals surface area contributed by atoms with Gasteiger partial charge in [0, 0.05) is 38.1 Å². The third-order valence-electron chi connectivity index (χ3n) is 4.18. The van der Waals surface area contributed by atoms with Gasteiger partial charge in [-0.2, -0.15) is 0 Å². The molecular weight excluding hydrogens is 312 g/mol. The predicted octanol–water partition coefficient (Wildman–Crippen LogP) is 4.60. The summed E-state index contributed by atoms with van der Waals surface area (Å²) < 4.78 is 5.69. The van der Waals surface area contributed by atoms with Crippen LogP contribution in [-0.4, -0.2) is 33.7 Å². The highest BCUT2D eigenvalue weighted by Crippen LogP contribution is 2.21. The number of unbranched alkanes of at least 4 members (excludes halogenated alkanes) is 2. The Morgan fingerprint density at radius 2 is 1.48 bits per heavy atom. The summed E-state index contributed by atoms with van der Waals surface area (Å²) in [5.74, 6) is 0.778. The highest BCUT2D eigenvalue weighted by atomic mass is 16.5. The van der Waals surface area contributed by atoms with Crippen molar-refractivity contribution in [2.75, 3.05) is 37.5 Å². The summed E-state index contributed by atoms with van der Waals surface area (Å²) >= 11 is 0. The van der Waals surface area contributed by atoms with Crippen molar-refractivity contribution in [1.82, 2.24) is 0 Å². The Kier molecular flexibility index (Phi) is 6.87. The molecule has 0 atom stereocenters. The van der Waals surface area contributed by atoms with Crippen molar-refractivity contribution in [3.63, 3.8) is 0 Å². The SMILES string of the molecule is CCCCCOc1ccc(C(=O)N(C)c2ccc(N(C)C)cc2)cc1. The van der Waals surface area contributed by atoms with Gasteiger partial charge in [0.15, 0.2) is 0 Å². The fourth-order valence-corrected chi connectivity index (χ4v) is 2.52. The minimum atomic E-state index is -0.0323. The Balaban J connectivity index is 1.99. The molecule has 0 bridgehead atoms. The lowest BCUT2D eigenvalue weighted by Gasteiger charge is -2.19. The summed E-state index contributed by atoms with van der Waals surface area (Å²) in [6.45, 7) is 2.89. The number of ether oxygens (including phenoxy) is 1. The highest BCUT2D eigenvalue weighted by Gasteiger charge is 2.13. The maximum Gasteiger partial charge on any atom is 0.258 e. The second-order valence-electron chi connectivity index (χ2n) is 6.35. The molecule has 4 nitrogen and oxygen atoms in total. The van der Waals surface area contributed by atoms with Crippen LogP contribution in [0.1, 0.15) is 36.5 Å². The molecule has 2 rings (SSSR count). The standard InChI is InChI=1S/C21H28N2O2/c1-5-6-7-16-25-20-14-8-17(9-15-20)21(24)23(4)19-12-10-18(11-13-19)22(2)3/h8-15H,5-7,16H2,1-4H3. The third kappa shape index (κ3) is 5.24. The molecule has 0 aliphatic carbocycles. The van der Waals surface area contributed by atoms with E-state index in [1.807, 2.05) is 67.5 Å². The van der Waals surface area contributed by atoms with Crippen LogP contribution in [0.25, 0.3) is 0 Å². The number of benzene rings is 2. The lowest BCUT2D eigenvalue weighted by molar-refractivity contribution is 0.0993. The van der Waals surface area contributed by atoms with Gasteiger partial charge in [-0.15, -0.1) is 0 Å². The van der Waals surface area contributed by atoms with Gasteiger partial charge in [-0.25, -0.2) is 0 Å². The molecule has 4 heteroatoms. The van der Waals surface area contributed by atoms with E-state index in [1.54, 1.807) is 11.9 Å². The van der Waals surface area contributed by atoms with E-state index in [0.29, 0.717) is 5.56 Å². The summed E-state index contributed by atoms with van der Waals surface area (Å²) in [5.41, 5.74) is 2.63. The molecule has 25 heavy (non-hydrogen) atoms. The number of amides is 1. The first-order valence-corrected chi connectivity index (χ1v) is 8.81. The Morgan fingerprint density at radius 1 is 0.880 bits per heavy atom. The van der Waals surface area contributed by atoms with Crippen LogP contribution in [0.5, 0.6) is 5.75 Å². The van der Waals surface area contributed by atoms with Crippen molar-refractivity contribution >= 4 is 17.3 Å². The van der Waals surface area contributed by atoms with Crippen LogP contribution >= 0.6 is 0 Å². The normalized spacial score (nSPS) is 10.4. The van der Waals surface area contributed by atoms with Gasteiger partial charge < -0.3 is 14.5 Å². The van der Waals surface area contributed by atoms with Crippen LogP contribution in [0, 0.1) is 0 Å². The quantitative estimate of drug-likeness (QED) is 0.659. The zero-order valence-electron chi connectivity index (χ0n) is 15.7. The predicted molar refractivity (Wildman–Crippen MR) is 105 cm³/mol. The molecule has 0 fully saturated rings. The highest BCUT2D eigenvalue weighted by molar-refractivity contribution is 6.05. The molecule has 0 aliphatic rings. The van der Waals surface area contributed by atoms with E-state index >= 15 is 0 Å². The second-order valence-corrected chi connectivity index (χ2v) is 6.35. The smallest absolute Gasteiger partial charge is 0.258 e. The number of hydrogen-bond acceptors (Lipinski definition) is 3. The van der Waals surface area contributed by atoms with E-state index in [9.17, 15) is 4.79 Å². The van der Waals surface area contributed by atoms with Gasteiger partial charge in [0.2, 0.25) is 0 Å². The summed E-state index contributed by atoms with van der Waals surface area (Å²) in [4.78, 5) is 16.3. The van der Waals surface area contributed by atoms with Gasteiger partial charge in [-0.3, -0.25) is 4.79 Å². The number of anilines is 2. The van der Waals surface area contributed by atoms with Crippen molar-refractivity contribution in [1.29, 1.82) is 0 Å². The van der Waals surface area contributed by atoms with Gasteiger partial charge >= 0.3 is 0 Å². The van der Waals surface area contributed by atoms with E-state index in [4.69, 9.17) is 4.74 Å².